The fourth-order valence-electron chi connectivity index (χ4n) is 8.15. The van der Waals surface area contributed by atoms with E-state index in [-0.39, 0.29) is 40.4 Å². The van der Waals surface area contributed by atoms with Crippen LogP contribution < -0.4 is 14.5 Å². The van der Waals surface area contributed by atoms with Crippen molar-refractivity contribution < 1.29 is 27.5 Å². The number of hydrogen-bond donors (Lipinski definition) is 1. The number of H-pyrrole nitrogens is 1. The lowest BCUT2D eigenvalue weighted by atomic mass is 9.68. The first kappa shape index (κ1) is 30.1. The standard InChI is InChI=1S/C33H23Cl2F3N2O4S2/c34-15-7-5-14(6-8-15)13-44-22-10-9-16(35)11-17(22)23-24-18-12-19(27(24)45-29-28(23)46-32(43)39-29)26-25(18)30(41)40(31(26)42)21-4-2-1-3-20(21)33(36,37)38/h1-11,18-19,23-27H,12-13H2,(H,39,43)/t18-,19-,23+,24+,25+,26+,27-/m1/s1. The van der Waals surface area contributed by atoms with E-state index in [0.29, 0.717) is 27.2 Å². The molecule has 0 radical (unpaired) electrons. The number of aromatic nitrogens is 1. The highest BCUT2D eigenvalue weighted by molar-refractivity contribution is 8.00. The first-order valence-electron chi connectivity index (χ1n) is 14.6. The van der Waals surface area contributed by atoms with E-state index >= 15 is 0 Å². The van der Waals surface area contributed by atoms with Gasteiger partial charge in [-0.3, -0.25) is 14.4 Å². The van der Waals surface area contributed by atoms with Gasteiger partial charge < -0.3 is 9.72 Å². The van der Waals surface area contributed by atoms with Gasteiger partial charge in [0, 0.05) is 31.7 Å². The molecule has 0 spiro atoms. The number of thioether (sulfide) groups is 1. The molecule has 3 fully saturated rings. The van der Waals surface area contributed by atoms with Crippen molar-refractivity contribution >= 4 is 63.8 Å². The molecule has 1 saturated heterocycles. The van der Waals surface area contributed by atoms with Gasteiger partial charge in [0.05, 0.1) is 28.1 Å². The molecule has 3 aromatic carbocycles. The molecule has 3 heterocycles. The summed E-state index contributed by atoms with van der Waals surface area (Å²) in [5.74, 6) is -3.27. The molecule has 1 aromatic heterocycles. The molecule has 4 aromatic rings. The second-order valence-electron chi connectivity index (χ2n) is 12.1. The summed E-state index contributed by atoms with van der Waals surface area (Å²) >= 11 is 15.2. The molecule has 2 amide bonds. The molecule has 236 valence electrons. The molecule has 13 heteroatoms. The third-order valence-electron chi connectivity index (χ3n) is 9.79. The minimum atomic E-state index is -4.74. The van der Waals surface area contributed by atoms with Crippen molar-refractivity contribution in [1.82, 2.24) is 4.98 Å². The van der Waals surface area contributed by atoms with E-state index in [2.05, 4.69) is 4.98 Å². The largest absolute Gasteiger partial charge is 0.489 e. The number of ether oxygens (including phenoxy) is 1. The summed E-state index contributed by atoms with van der Waals surface area (Å²) < 4.78 is 48.3. The van der Waals surface area contributed by atoms with Crippen molar-refractivity contribution in [2.75, 3.05) is 4.90 Å². The number of imide groups is 1. The van der Waals surface area contributed by atoms with Crippen molar-refractivity contribution in [3.63, 3.8) is 0 Å². The second-order valence-corrected chi connectivity index (χ2v) is 15.2. The highest BCUT2D eigenvalue weighted by Crippen LogP contribution is 2.69. The lowest BCUT2D eigenvalue weighted by Gasteiger charge is -2.43. The maximum absolute atomic E-state index is 14.1. The van der Waals surface area contributed by atoms with Gasteiger partial charge in [-0.05, 0) is 72.2 Å². The van der Waals surface area contributed by atoms with E-state index in [1.165, 1.54) is 30.0 Å². The molecule has 2 aliphatic carbocycles. The average molecular weight is 704 g/mol. The zero-order chi connectivity index (χ0) is 32.1. The quantitative estimate of drug-likeness (QED) is 0.213. The number of nitrogens with zero attached hydrogens (tertiary/aromatic N) is 1. The number of alkyl halides is 3. The summed E-state index contributed by atoms with van der Waals surface area (Å²) in [5.41, 5.74) is 0.205. The minimum absolute atomic E-state index is 0.161. The van der Waals surface area contributed by atoms with Crippen LogP contribution in [-0.4, -0.2) is 22.0 Å². The molecule has 0 unspecified atom stereocenters. The number of aromatic amines is 1. The number of halogens is 5. The molecule has 7 atom stereocenters. The summed E-state index contributed by atoms with van der Waals surface area (Å²) in [6, 6.07) is 17.3. The van der Waals surface area contributed by atoms with Gasteiger partial charge in [0.1, 0.15) is 12.4 Å². The van der Waals surface area contributed by atoms with Crippen molar-refractivity contribution in [2.45, 2.75) is 35.4 Å². The minimum Gasteiger partial charge on any atom is -0.489 e. The Morgan fingerprint density at radius 2 is 1.61 bits per heavy atom. The van der Waals surface area contributed by atoms with E-state index in [0.717, 1.165) is 38.3 Å². The van der Waals surface area contributed by atoms with Gasteiger partial charge in [-0.15, -0.1) is 11.8 Å². The Labute approximate surface area is 278 Å². The monoisotopic (exact) mass is 702 g/mol. The normalized spacial score (nSPS) is 27.9. The van der Waals surface area contributed by atoms with Crippen LogP contribution >= 0.6 is 46.3 Å². The van der Waals surface area contributed by atoms with Crippen LogP contribution in [0.4, 0.5) is 18.9 Å². The second kappa shape index (κ2) is 10.9. The summed E-state index contributed by atoms with van der Waals surface area (Å²) in [5, 5.41) is 1.61. The zero-order valence-electron chi connectivity index (χ0n) is 23.6. The Hall–Kier alpha value is -3.25. The smallest absolute Gasteiger partial charge is 0.418 e. The molecule has 1 N–H and O–H groups in total. The van der Waals surface area contributed by atoms with Crippen LogP contribution in [0.15, 0.2) is 76.6 Å². The Morgan fingerprint density at radius 1 is 0.913 bits per heavy atom. The van der Waals surface area contributed by atoms with Gasteiger partial charge in [0.15, 0.2) is 0 Å². The first-order chi connectivity index (χ1) is 22.0. The van der Waals surface area contributed by atoms with Crippen LogP contribution in [0.5, 0.6) is 5.75 Å². The molecular formula is C33H23Cl2F3N2O4S2. The lowest BCUT2D eigenvalue weighted by Crippen LogP contribution is -2.42. The number of anilines is 1. The maximum atomic E-state index is 14.1. The predicted molar refractivity (Wildman–Crippen MR) is 170 cm³/mol. The summed E-state index contributed by atoms with van der Waals surface area (Å²) in [4.78, 5) is 45.0. The molecule has 2 saturated carbocycles. The lowest BCUT2D eigenvalue weighted by molar-refractivity contribution is -0.137. The fourth-order valence-corrected chi connectivity index (χ4v) is 11.3. The molecular weight excluding hydrogens is 680 g/mol. The topological polar surface area (TPSA) is 79.5 Å². The Balaban J connectivity index is 1.20. The number of thiazole rings is 1. The van der Waals surface area contributed by atoms with Gasteiger partial charge >= 0.3 is 11.0 Å². The van der Waals surface area contributed by atoms with Crippen molar-refractivity contribution in [1.29, 1.82) is 0 Å². The molecule has 2 aliphatic heterocycles. The van der Waals surface area contributed by atoms with E-state index in [9.17, 15) is 27.6 Å². The number of fused-ring (bicyclic) bond motifs is 9. The number of benzene rings is 3. The Kier molecular flexibility index (Phi) is 7.13. The van der Waals surface area contributed by atoms with Gasteiger partial charge in [0.25, 0.3) is 0 Å². The number of carbonyl (C=O) groups excluding carboxylic acids is 2. The number of nitrogens with one attached hydrogen (secondary N) is 1. The van der Waals surface area contributed by atoms with E-state index in [1.807, 2.05) is 18.2 Å². The molecule has 8 rings (SSSR count). The van der Waals surface area contributed by atoms with Crippen LogP contribution in [0.3, 0.4) is 0 Å². The Bertz CT molecular complexity index is 1960. The molecule has 46 heavy (non-hydrogen) atoms. The van der Waals surface area contributed by atoms with Crippen LogP contribution in [0.2, 0.25) is 10.0 Å². The third-order valence-corrected chi connectivity index (χ3v) is 12.9. The fraction of sp³-hybridized carbons (Fsp3) is 0.303. The number of carbonyl (C=O) groups is 2. The Morgan fingerprint density at radius 3 is 2.35 bits per heavy atom. The van der Waals surface area contributed by atoms with Gasteiger partial charge in [0.2, 0.25) is 11.8 Å². The van der Waals surface area contributed by atoms with Gasteiger partial charge in [-0.1, -0.05) is 58.8 Å². The number of hydrogen-bond acceptors (Lipinski definition) is 6. The van der Waals surface area contributed by atoms with E-state index in [4.69, 9.17) is 27.9 Å². The predicted octanol–water partition coefficient (Wildman–Crippen LogP) is 8.02. The van der Waals surface area contributed by atoms with Crippen molar-refractivity contribution in [2.24, 2.45) is 29.6 Å². The van der Waals surface area contributed by atoms with Crippen molar-refractivity contribution in [3.05, 3.63) is 108 Å². The van der Waals surface area contributed by atoms with Crippen LogP contribution in [0, 0.1) is 29.6 Å². The number of para-hydroxylation sites is 1. The average Bonchev–Trinajstić information content (AvgIpc) is 3.75. The molecule has 6 nitrogen and oxygen atoms in total. The highest BCUT2D eigenvalue weighted by atomic mass is 35.5. The summed E-state index contributed by atoms with van der Waals surface area (Å²) in [6.07, 6.45) is -4.15. The van der Waals surface area contributed by atoms with Gasteiger partial charge in [-0.2, -0.15) is 13.2 Å². The third kappa shape index (κ3) is 4.64. The maximum Gasteiger partial charge on any atom is 0.418 e. The first-order valence-corrected chi connectivity index (χ1v) is 17.1. The number of amides is 2. The summed E-state index contributed by atoms with van der Waals surface area (Å²) in [6.45, 7) is 0.245. The highest BCUT2D eigenvalue weighted by Gasteiger charge is 2.70. The SMILES string of the molecule is O=C1[C@H]2[C@H]3C[C@@H]([C@@H]2C(=O)N1c1ccccc1C(F)(F)F)[C@H]1[C@H](c2cc(Cl)ccc2OCc2ccc(Cl)cc2)c2sc(=O)[nH]c2S[C@H]31. The van der Waals surface area contributed by atoms with Crippen LogP contribution in [0.1, 0.15) is 33.9 Å². The summed E-state index contributed by atoms with van der Waals surface area (Å²) in [7, 11) is 0. The van der Waals surface area contributed by atoms with Gasteiger partial charge in [-0.25, -0.2) is 4.90 Å². The van der Waals surface area contributed by atoms with E-state index < -0.39 is 41.1 Å². The molecule has 2 bridgehead atoms. The number of rotatable bonds is 5. The van der Waals surface area contributed by atoms with E-state index in [1.54, 1.807) is 24.3 Å². The van der Waals surface area contributed by atoms with Crippen molar-refractivity contribution in [3.8, 4) is 5.75 Å². The van der Waals surface area contributed by atoms with Crippen LogP contribution in [-0.2, 0) is 22.4 Å². The zero-order valence-corrected chi connectivity index (χ0v) is 26.7. The molecule has 4 aliphatic rings. The van der Waals surface area contributed by atoms with Crippen LogP contribution in [0.25, 0.3) is 0 Å².